The molecule has 1 aromatic rings. The molecule has 0 bridgehead atoms. The number of rotatable bonds is 4. The van der Waals surface area contributed by atoms with Gasteiger partial charge in [0.1, 0.15) is 5.82 Å². The van der Waals surface area contributed by atoms with Gasteiger partial charge in [-0.25, -0.2) is 9.78 Å². The lowest BCUT2D eigenvalue weighted by Gasteiger charge is -2.30. The summed E-state index contributed by atoms with van der Waals surface area (Å²) in [4.78, 5) is 24.3. The van der Waals surface area contributed by atoms with Crippen LogP contribution in [0.1, 0.15) is 19.4 Å². The van der Waals surface area contributed by atoms with E-state index in [1.165, 1.54) is 4.90 Å². The van der Waals surface area contributed by atoms with Gasteiger partial charge in [-0.1, -0.05) is 12.6 Å². The summed E-state index contributed by atoms with van der Waals surface area (Å²) in [7, 11) is 3.88. The molecule has 2 heterocycles. The van der Waals surface area contributed by atoms with Crippen LogP contribution in [0.25, 0.3) is 0 Å². The lowest BCUT2D eigenvalue weighted by molar-refractivity contribution is 0.115. The maximum atomic E-state index is 10.4. The first kappa shape index (κ1) is 23.2. The van der Waals surface area contributed by atoms with Gasteiger partial charge in [-0.2, -0.15) is 0 Å². The first-order valence-corrected chi connectivity index (χ1v) is 9.14. The molecule has 0 unspecified atom stereocenters. The van der Waals surface area contributed by atoms with Crippen LogP contribution in [0.3, 0.4) is 0 Å². The Hall–Kier alpha value is -2.87. The van der Waals surface area contributed by atoms with Gasteiger partial charge in [0.2, 0.25) is 0 Å². The van der Waals surface area contributed by atoms with Crippen LogP contribution in [-0.4, -0.2) is 72.5 Å². The van der Waals surface area contributed by atoms with Crippen molar-refractivity contribution in [3.8, 4) is 0 Å². The normalized spacial score (nSPS) is 15.5. The third kappa shape index (κ3) is 7.03. The zero-order valence-electron chi connectivity index (χ0n) is 17.5. The number of likely N-dealkylation sites (N-methyl/N-ethyl adjacent to an activating group) is 2. The Morgan fingerprint density at radius 3 is 2.43 bits per heavy atom. The molecule has 1 amide bonds. The maximum Gasteiger partial charge on any atom is 0.407 e. The van der Waals surface area contributed by atoms with Crippen molar-refractivity contribution in [2.75, 3.05) is 45.2 Å². The number of allylic oxidation sites excluding steroid dienone is 1. The molecule has 8 nitrogen and oxygen atoms in total. The van der Waals surface area contributed by atoms with E-state index >= 15 is 0 Å². The van der Waals surface area contributed by atoms with E-state index in [-0.39, 0.29) is 0 Å². The molecular weight excluding hydrogens is 356 g/mol. The van der Waals surface area contributed by atoms with Crippen LogP contribution in [0.15, 0.2) is 47.0 Å². The van der Waals surface area contributed by atoms with Crippen LogP contribution < -0.4 is 10.6 Å². The molecule has 154 valence electrons. The molecule has 1 fully saturated rings. The van der Waals surface area contributed by atoms with Gasteiger partial charge in [0.25, 0.3) is 0 Å². The van der Waals surface area contributed by atoms with E-state index in [0.29, 0.717) is 24.5 Å². The topological polar surface area (TPSA) is 98.3 Å². The van der Waals surface area contributed by atoms with Gasteiger partial charge in [0, 0.05) is 45.6 Å². The SMILES string of the molecule is C=C(/C(N)=C(\C)N=CC)N(C)c1ccc(C)cn1.CN1CCN(C(=O)O)CC1. The third-order valence-corrected chi connectivity index (χ3v) is 4.44. The monoisotopic (exact) mass is 388 g/mol. The number of aliphatic imine (C=N–C) groups is 1. The smallest absolute Gasteiger partial charge is 0.407 e. The average molecular weight is 389 g/mol. The molecule has 1 aromatic heterocycles. The number of aryl methyl sites for hydroxylation is 1. The summed E-state index contributed by atoms with van der Waals surface area (Å²) in [6.45, 7) is 12.7. The van der Waals surface area contributed by atoms with Crippen LogP contribution in [0, 0.1) is 6.92 Å². The van der Waals surface area contributed by atoms with Crippen molar-refractivity contribution in [3.05, 3.63) is 47.6 Å². The number of amides is 1. The number of aromatic nitrogens is 1. The molecule has 0 spiro atoms. The van der Waals surface area contributed by atoms with E-state index in [9.17, 15) is 4.79 Å². The fourth-order valence-electron chi connectivity index (χ4n) is 2.45. The Kier molecular flexibility index (Phi) is 9.17. The summed E-state index contributed by atoms with van der Waals surface area (Å²) in [5.41, 5.74) is 9.14. The highest BCUT2D eigenvalue weighted by atomic mass is 16.4. The van der Waals surface area contributed by atoms with Gasteiger partial charge in [-0.05, 0) is 39.4 Å². The minimum Gasteiger partial charge on any atom is -0.465 e. The average Bonchev–Trinajstić information content (AvgIpc) is 2.68. The van der Waals surface area contributed by atoms with E-state index < -0.39 is 6.09 Å². The highest BCUT2D eigenvalue weighted by Gasteiger charge is 2.17. The molecule has 0 aromatic carbocycles. The Morgan fingerprint density at radius 1 is 1.36 bits per heavy atom. The van der Waals surface area contributed by atoms with E-state index in [1.807, 2.05) is 58.1 Å². The van der Waals surface area contributed by atoms with Gasteiger partial charge < -0.3 is 25.5 Å². The molecule has 28 heavy (non-hydrogen) atoms. The first-order chi connectivity index (χ1) is 13.2. The predicted octanol–water partition coefficient (Wildman–Crippen LogP) is 2.53. The van der Waals surface area contributed by atoms with Gasteiger partial charge in [0.05, 0.1) is 17.1 Å². The maximum absolute atomic E-state index is 10.4. The summed E-state index contributed by atoms with van der Waals surface area (Å²) in [6, 6.07) is 3.94. The summed E-state index contributed by atoms with van der Waals surface area (Å²) < 4.78 is 0. The van der Waals surface area contributed by atoms with Crippen LogP contribution in [0.4, 0.5) is 10.6 Å². The summed E-state index contributed by atoms with van der Waals surface area (Å²) in [6.07, 6.45) is 2.73. The molecule has 0 saturated carbocycles. The molecule has 2 rings (SSSR count). The zero-order chi connectivity index (χ0) is 21.3. The minimum absolute atomic E-state index is 0.568. The van der Waals surface area contributed by atoms with Gasteiger partial charge in [-0.15, -0.1) is 0 Å². The fourth-order valence-corrected chi connectivity index (χ4v) is 2.45. The van der Waals surface area contributed by atoms with Crippen LogP contribution in [0.2, 0.25) is 0 Å². The highest BCUT2D eigenvalue weighted by molar-refractivity contribution is 5.65. The molecule has 1 saturated heterocycles. The second-order valence-electron chi connectivity index (χ2n) is 6.66. The number of nitrogens with zero attached hydrogens (tertiary/aromatic N) is 5. The van der Waals surface area contributed by atoms with Crippen LogP contribution in [-0.2, 0) is 0 Å². The second kappa shape index (κ2) is 11.1. The van der Waals surface area contributed by atoms with E-state index in [0.717, 1.165) is 30.2 Å². The van der Waals surface area contributed by atoms with Crippen molar-refractivity contribution in [3.63, 3.8) is 0 Å². The Morgan fingerprint density at radius 2 is 1.96 bits per heavy atom. The summed E-state index contributed by atoms with van der Waals surface area (Å²) >= 11 is 0. The summed E-state index contributed by atoms with van der Waals surface area (Å²) in [5, 5.41) is 8.53. The van der Waals surface area contributed by atoms with E-state index in [1.54, 1.807) is 6.21 Å². The number of carboxylic acid groups (broad SMARTS) is 1. The van der Waals surface area contributed by atoms with Gasteiger partial charge in [0.15, 0.2) is 0 Å². The van der Waals surface area contributed by atoms with Crippen molar-refractivity contribution in [2.24, 2.45) is 10.7 Å². The molecule has 8 heteroatoms. The van der Waals surface area contributed by atoms with Gasteiger partial charge >= 0.3 is 6.09 Å². The molecule has 0 radical (unpaired) electrons. The zero-order valence-corrected chi connectivity index (χ0v) is 17.5. The van der Waals surface area contributed by atoms with E-state index in [2.05, 4.69) is 21.5 Å². The number of piperazine rings is 1. The molecule has 1 aliphatic heterocycles. The van der Waals surface area contributed by atoms with Gasteiger partial charge in [-0.3, -0.25) is 4.99 Å². The number of anilines is 1. The number of hydrogen-bond acceptors (Lipinski definition) is 6. The third-order valence-electron chi connectivity index (χ3n) is 4.44. The fraction of sp³-hybridized carbons (Fsp3) is 0.450. The number of pyridine rings is 1. The lowest BCUT2D eigenvalue weighted by Crippen LogP contribution is -2.46. The first-order valence-electron chi connectivity index (χ1n) is 9.14. The molecule has 1 aliphatic rings. The van der Waals surface area contributed by atoms with Crippen LogP contribution in [0.5, 0.6) is 0 Å². The van der Waals surface area contributed by atoms with Crippen molar-refractivity contribution < 1.29 is 9.90 Å². The largest absolute Gasteiger partial charge is 0.465 e. The molecule has 3 N–H and O–H groups in total. The summed E-state index contributed by atoms with van der Waals surface area (Å²) in [5.74, 6) is 0.807. The van der Waals surface area contributed by atoms with Crippen molar-refractivity contribution in [1.82, 2.24) is 14.8 Å². The van der Waals surface area contributed by atoms with Crippen LogP contribution >= 0.6 is 0 Å². The Balaban J connectivity index is 0.000000330. The minimum atomic E-state index is -0.798. The number of carbonyl (C=O) groups is 1. The molecular formula is C20H32N6O2. The van der Waals surface area contributed by atoms with Crippen molar-refractivity contribution >= 4 is 18.1 Å². The molecule has 0 aliphatic carbocycles. The van der Waals surface area contributed by atoms with Crippen molar-refractivity contribution in [2.45, 2.75) is 20.8 Å². The second-order valence-corrected chi connectivity index (χ2v) is 6.66. The number of nitrogens with two attached hydrogens (primary N) is 1. The molecule has 0 atom stereocenters. The van der Waals surface area contributed by atoms with E-state index in [4.69, 9.17) is 10.8 Å². The predicted molar refractivity (Wildman–Crippen MR) is 115 cm³/mol. The highest BCUT2D eigenvalue weighted by Crippen LogP contribution is 2.18. The quantitative estimate of drug-likeness (QED) is 0.607. The Bertz CT molecular complexity index is 719. The number of hydrogen-bond donors (Lipinski definition) is 2. The standard InChI is InChI=1S/C14H20N4.C6H12N2O2/c1-6-16-11(3)14(15)12(4)18(5)13-8-7-10(2)9-17-13;1-7-2-4-8(5-3-7)6(9)10/h6-9H,4,15H2,1-3,5H3;2-5H2,1H3,(H,9,10)/b14-11-,16-6?;. The Labute approximate surface area is 167 Å². The van der Waals surface area contributed by atoms with Crippen molar-refractivity contribution in [1.29, 1.82) is 0 Å². The lowest BCUT2D eigenvalue weighted by atomic mass is 10.2.